The summed E-state index contributed by atoms with van der Waals surface area (Å²) in [7, 11) is -4.03. The minimum Gasteiger partial charge on any atom is -0.388 e. The number of nitrogens with zero attached hydrogens (tertiary/aromatic N) is 1. The lowest BCUT2D eigenvalue weighted by Gasteiger charge is -2.17. The molecule has 0 amide bonds. The summed E-state index contributed by atoms with van der Waals surface area (Å²) in [5, 5.41) is 25.2. The number of nitrogens with one attached hydrogen (secondary N) is 1. The number of nitro benzene ring substituents is 1. The number of anilines is 1. The molecule has 1 rings (SSSR count). The first-order valence-electron chi connectivity index (χ1n) is 5.42. The molecule has 4 N–H and O–H groups in total. The van der Waals surface area contributed by atoms with E-state index in [1.807, 2.05) is 0 Å². The minimum atomic E-state index is -4.03. The molecule has 10 heteroatoms. The number of hydrogen-bond acceptors (Lipinski definition) is 7. The van der Waals surface area contributed by atoms with Crippen molar-refractivity contribution in [1.29, 1.82) is 0 Å². The molecule has 20 heavy (non-hydrogen) atoms. The smallest absolute Gasteiger partial charge is 0.295 e. The molecule has 0 aliphatic heterocycles. The minimum absolute atomic E-state index is 0.0494. The lowest BCUT2D eigenvalue weighted by Crippen LogP contribution is -2.27. The van der Waals surface area contributed by atoms with Crippen molar-refractivity contribution in [1.82, 2.24) is 0 Å². The van der Waals surface area contributed by atoms with E-state index in [0.717, 1.165) is 18.2 Å². The van der Waals surface area contributed by atoms with Crippen LogP contribution in [0.4, 0.5) is 11.4 Å². The number of aliphatic hydroxyl groups is 1. The lowest BCUT2D eigenvalue weighted by atomic mass is 10.2. The molecule has 0 bridgehead atoms. The van der Waals surface area contributed by atoms with E-state index in [1.165, 1.54) is 13.8 Å². The van der Waals surface area contributed by atoms with Crippen molar-refractivity contribution in [2.45, 2.75) is 24.3 Å². The van der Waals surface area contributed by atoms with E-state index in [0.29, 0.717) is 0 Å². The number of primary sulfonamides is 1. The maximum Gasteiger partial charge on any atom is 0.295 e. The normalized spacial score (nSPS) is 12.2. The molecule has 0 fully saturated rings. The second kappa shape index (κ2) is 5.71. The van der Waals surface area contributed by atoms with Crippen molar-refractivity contribution >= 4 is 21.4 Å². The SMILES string of the molecule is CC(C)(O)CONc1ccc(S(N)(=O)=O)cc1[N+](=O)[O-]. The molecular formula is C10H15N3O6S. The molecule has 9 nitrogen and oxygen atoms in total. The Bertz CT molecular complexity index is 608. The Morgan fingerprint density at radius 3 is 2.55 bits per heavy atom. The van der Waals surface area contributed by atoms with Gasteiger partial charge in [-0.05, 0) is 26.0 Å². The third-order valence-electron chi connectivity index (χ3n) is 2.10. The van der Waals surface area contributed by atoms with Gasteiger partial charge < -0.3 is 5.11 Å². The summed E-state index contributed by atoms with van der Waals surface area (Å²) in [6.45, 7) is 2.86. The van der Waals surface area contributed by atoms with Crippen LogP contribution in [0.25, 0.3) is 0 Å². The molecule has 0 aliphatic carbocycles. The molecule has 0 aliphatic rings. The predicted molar refractivity (Wildman–Crippen MR) is 70.3 cm³/mol. The Labute approximate surface area is 115 Å². The maximum absolute atomic E-state index is 11.1. The summed E-state index contributed by atoms with van der Waals surface area (Å²) < 4.78 is 22.3. The highest BCUT2D eigenvalue weighted by Gasteiger charge is 2.20. The molecule has 0 saturated heterocycles. The Morgan fingerprint density at radius 2 is 2.10 bits per heavy atom. The lowest BCUT2D eigenvalue weighted by molar-refractivity contribution is -0.384. The summed E-state index contributed by atoms with van der Waals surface area (Å²) in [6.07, 6.45) is 0. The highest BCUT2D eigenvalue weighted by Crippen LogP contribution is 2.27. The molecule has 112 valence electrons. The van der Waals surface area contributed by atoms with Crippen LogP contribution in [0.3, 0.4) is 0 Å². The summed E-state index contributed by atoms with van der Waals surface area (Å²) in [6, 6.07) is 3.09. The zero-order valence-corrected chi connectivity index (χ0v) is 11.7. The van der Waals surface area contributed by atoms with Crippen molar-refractivity contribution < 1.29 is 23.3 Å². The molecule has 1 aromatic carbocycles. The van der Waals surface area contributed by atoms with Gasteiger partial charge in [0.2, 0.25) is 10.0 Å². The maximum atomic E-state index is 11.1. The Morgan fingerprint density at radius 1 is 1.50 bits per heavy atom. The number of sulfonamides is 1. The summed E-state index contributed by atoms with van der Waals surface area (Å²) >= 11 is 0. The van der Waals surface area contributed by atoms with E-state index in [-0.39, 0.29) is 17.2 Å². The average molecular weight is 305 g/mol. The molecule has 0 atom stereocenters. The van der Waals surface area contributed by atoms with Crippen LogP contribution >= 0.6 is 0 Å². The Kier molecular flexibility index (Phi) is 4.65. The Balaban J connectivity index is 3.00. The third-order valence-corrected chi connectivity index (χ3v) is 3.01. The number of hydrogen-bond donors (Lipinski definition) is 3. The largest absolute Gasteiger partial charge is 0.388 e. The van der Waals surface area contributed by atoms with Crippen molar-refractivity contribution in [3.8, 4) is 0 Å². The van der Waals surface area contributed by atoms with Gasteiger partial charge in [0.1, 0.15) is 12.3 Å². The van der Waals surface area contributed by atoms with Crippen molar-refractivity contribution in [2.75, 3.05) is 12.1 Å². The van der Waals surface area contributed by atoms with Crippen LogP contribution in [0.5, 0.6) is 0 Å². The number of benzene rings is 1. The van der Waals surface area contributed by atoms with Gasteiger partial charge in [0.15, 0.2) is 0 Å². The Hall–Kier alpha value is -1.75. The highest BCUT2D eigenvalue weighted by atomic mass is 32.2. The zero-order valence-electron chi connectivity index (χ0n) is 10.9. The average Bonchev–Trinajstić information content (AvgIpc) is 2.25. The van der Waals surface area contributed by atoms with Crippen LogP contribution in [0.1, 0.15) is 13.8 Å². The van der Waals surface area contributed by atoms with Crippen LogP contribution in [0, 0.1) is 10.1 Å². The molecular weight excluding hydrogens is 290 g/mol. The van der Waals surface area contributed by atoms with E-state index in [1.54, 1.807) is 0 Å². The van der Waals surface area contributed by atoms with Gasteiger partial charge in [0, 0.05) is 6.07 Å². The van der Waals surface area contributed by atoms with Gasteiger partial charge in [0.05, 0.1) is 15.4 Å². The van der Waals surface area contributed by atoms with Crippen LogP contribution in [-0.2, 0) is 14.9 Å². The molecule has 0 radical (unpaired) electrons. The van der Waals surface area contributed by atoms with Crippen molar-refractivity contribution in [3.05, 3.63) is 28.3 Å². The second-order valence-corrected chi connectivity index (χ2v) is 6.25. The van der Waals surface area contributed by atoms with Gasteiger partial charge in [0.25, 0.3) is 5.69 Å². The van der Waals surface area contributed by atoms with E-state index in [2.05, 4.69) is 5.48 Å². The van der Waals surface area contributed by atoms with E-state index in [9.17, 15) is 23.6 Å². The standard InChI is InChI=1S/C10H15N3O6S/c1-10(2,14)6-19-12-8-4-3-7(20(11,17)18)5-9(8)13(15)16/h3-5,12,14H,6H2,1-2H3,(H2,11,17,18). The molecule has 0 spiro atoms. The van der Waals surface area contributed by atoms with Gasteiger partial charge in [-0.3, -0.25) is 20.4 Å². The van der Waals surface area contributed by atoms with Gasteiger partial charge >= 0.3 is 0 Å². The van der Waals surface area contributed by atoms with Crippen molar-refractivity contribution in [3.63, 3.8) is 0 Å². The van der Waals surface area contributed by atoms with E-state index >= 15 is 0 Å². The number of rotatable bonds is 6. The van der Waals surface area contributed by atoms with E-state index in [4.69, 9.17) is 9.98 Å². The quantitative estimate of drug-likeness (QED) is 0.508. The van der Waals surface area contributed by atoms with Crippen molar-refractivity contribution in [2.24, 2.45) is 5.14 Å². The van der Waals surface area contributed by atoms with Crippen LogP contribution < -0.4 is 10.6 Å². The van der Waals surface area contributed by atoms with Crippen LogP contribution in [0.15, 0.2) is 23.1 Å². The first-order valence-corrected chi connectivity index (χ1v) is 6.97. The van der Waals surface area contributed by atoms with Gasteiger partial charge in [-0.15, -0.1) is 0 Å². The third kappa shape index (κ3) is 4.74. The fourth-order valence-electron chi connectivity index (χ4n) is 1.22. The zero-order chi connectivity index (χ0) is 15.6. The molecule has 0 aromatic heterocycles. The number of nitro groups is 1. The number of nitrogens with two attached hydrogens (primary N) is 1. The van der Waals surface area contributed by atoms with Gasteiger partial charge in [-0.25, -0.2) is 13.6 Å². The van der Waals surface area contributed by atoms with Gasteiger partial charge in [-0.1, -0.05) is 0 Å². The monoisotopic (exact) mass is 305 g/mol. The van der Waals surface area contributed by atoms with Crippen LogP contribution in [0.2, 0.25) is 0 Å². The summed E-state index contributed by atoms with van der Waals surface area (Å²) in [5.74, 6) is 0. The molecule has 1 aromatic rings. The summed E-state index contributed by atoms with van der Waals surface area (Å²) in [4.78, 5) is 14.7. The second-order valence-electron chi connectivity index (χ2n) is 4.68. The van der Waals surface area contributed by atoms with E-state index < -0.39 is 26.2 Å². The molecule has 0 unspecified atom stereocenters. The molecule has 0 saturated carbocycles. The van der Waals surface area contributed by atoms with Crippen LogP contribution in [-0.4, -0.2) is 30.7 Å². The fraction of sp³-hybridized carbons (Fsp3) is 0.400. The highest BCUT2D eigenvalue weighted by molar-refractivity contribution is 7.89. The van der Waals surface area contributed by atoms with Gasteiger partial charge in [-0.2, -0.15) is 0 Å². The topological polar surface area (TPSA) is 145 Å². The first kappa shape index (κ1) is 16.3. The predicted octanol–water partition coefficient (Wildman–Crippen LogP) is 0.357. The fourth-order valence-corrected chi connectivity index (χ4v) is 1.75. The molecule has 0 heterocycles. The first-order chi connectivity index (χ1) is 9.00. The summed E-state index contributed by atoms with van der Waals surface area (Å²) in [5.41, 5.74) is 0.613.